The molecule has 0 radical (unpaired) electrons. The fourth-order valence-electron chi connectivity index (χ4n) is 4.82. The highest BCUT2D eigenvalue weighted by Crippen LogP contribution is 2.30. The van der Waals surface area contributed by atoms with Gasteiger partial charge in [0.2, 0.25) is 0 Å². The van der Waals surface area contributed by atoms with E-state index < -0.39 is 5.82 Å². The molecule has 2 aromatic carbocycles. The van der Waals surface area contributed by atoms with Crippen LogP contribution in [0, 0.1) is 12.7 Å². The Labute approximate surface area is 209 Å². The molecule has 36 heavy (non-hydrogen) atoms. The molecule has 4 aromatic rings. The molecule has 0 spiro atoms. The zero-order chi connectivity index (χ0) is 25.2. The lowest BCUT2D eigenvalue weighted by molar-refractivity contribution is 0.0924. The average Bonchev–Trinajstić information content (AvgIpc) is 3.16. The topological polar surface area (TPSA) is 81.1 Å². The van der Waals surface area contributed by atoms with Crippen molar-refractivity contribution in [2.75, 3.05) is 13.1 Å². The number of benzene rings is 2. The van der Waals surface area contributed by atoms with Crippen LogP contribution in [0.1, 0.15) is 41.4 Å². The minimum atomic E-state index is -0.541. The van der Waals surface area contributed by atoms with Crippen LogP contribution < -0.4 is 15.4 Å². The second-order valence-corrected chi connectivity index (χ2v) is 9.21. The van der Waals surface area contributed by atoms with E-state index in [1.807, 2.05) is 49.8 Å². The van der Waals surface area contributed by atoms with Gasteiger partial charge in [0.25, 0.3) is 5.91 Å². The van der Waals surface area contributed by atoms with E-state index >= 15 is 4.39 Å². The average molecular weight is 488 g/mol. The van der Waals surface area contributed by atoms with Gasteiger partial charge in [0.1, 0.15) is 17.3 Å². The number of nitrogens with zero attached hydrogens (tertiary/aromatic N) is 3. The van der Waals surface area contributed by atoms with Gasteiger partial charge in [-0.25, -0.2) is 4.39 Å². The van der Waals surface area contributed by atoms with Gasteiger partial charge in [-0.2, -0.15) is 5.10 Å². The quantitative estimate of drug-likeness (QED) is 0.404. The molecule has 0 atom stereocenters. The molecular weight excluding hydrogens is 457 g/mol. The first-order valence-corrected chi connectivity index (χ1v) is 12.3. The Morgan fingerprint density at radius 2 is 1.94 bits per heavy atom. The van der Waals surface area contributed by atoms with Gasteiger partial charge >= 0.3 is 0 Å². The third kappa shape index (κ3) is 4.81. The second-order valence-electron chi connectivity index (χ2n) is 9.21. The molecule has 7 nitrogen and oxygen atoms in total. The monoisotopic (exact) mass is 487 g/mol. The molecule has 1 fully saturated rings. The zero-order valence-electron chi connectivity index (χ0n) is 20.8. The van der Waals surface area contributed by atoms with Crippen molar-refractivity contribution in [2.24, 2.45) is 7.05 Å². The molecule has 0 bridgehead atoms. The molecule has 1 aliphatic heterocycles. The molecule has 0 aliphatic carbocycles. The fourth-order valence-corrected chi connectivity index (χ4v) is 4.82. The first-order valence-electron chi connectivity index (χ1n) is 12.3. The van der Waals surface area contributed by atoms with Crippen LogP contribution in [0.5, 0.6) is 11.5 Å². The maximum atomic E-state index is 15.3. The smallest absolute Gasteiger partial charge is 0.254 e. The maximum Gasteiger partial charge on any atom is 0.254 e. The van der Waals surface area contributed by atoms with E-state index in [0.717, 1.165) is 42.5 Å². The number of carbonyl (C=O) groups excluding carboxylic acids is 1. The Kier molecular flexibility index (Phi) is 6.69. The summed E-state index contributed by atoms with van der Waals surface area (Å²) in [4.78, 5) is 17.4. The molecule has 2 N–H and O–H groups in total. The summed E-state index contributed by atoms with van der Waals surface area (Å²) in [5.41, 5.74) is 3.89. The predicted molar refractivity (Wildman–Crippen MR) is 138 cm³/mol. The van der Waals surface area contributed by atoms with E-state index in [0.29, 0.717) is 34.7 Å². The molecule has 8 heteroatoms. The Balaban J connectivity index is 1.40. The lowest BCUT2D eigenvalue weighted by Gasteiger charge is -2.24. The van der Waals surface area contributed by atoms with Crippen LogP contribution in [0.3, 0.4) is 0 Å². The van der Waals surface area contributed by atoms with Crippen LogP contribution in [0.15, 0.2) is 48.7 Å². The summed E-state index contributed by atoms with van der Waals surface area (Å²) < 4.78 is 23.2. The van der Waals surface area contributed by atoms with Crippen LogP contribution in [0.25, 0.3) is 22.2 Å². The summed E-state index contributed by atoms with van der Waals surface area (Å²) in [5.74, 6) is 0.368. The number of rotatable bonds is 6. The highest BCUT2D eigenvalue weighted by atomic mass is 19.1. The number of fused-ring (bicyclic) bond motifs is 1. The molecule has 186 valence electrons. The predicted octanol–water partition coefficient (Wildman–Crippen LogP) is 4.92. The summed E-state index contributed by atoms with van der Waals surface area (Å²) >= 11 is 0. The van der Waals surface area contributed by atoms with Crippen LogP contribution in [-0.2, 0) is 13.5 Å². The van der Waals surface area contributed by atoms with Gasteiger partial charge in [-0.05, 0) is 75.2 Å². The summed E-state index contributed by atoms with van der Waals surface area (Å²) in [7, 11) is 1.90. The number of nitrogens with one attached hydrogen (secondary N) is 2. The van der Waals surface area contributed by atoms with E-state index in [9.17, 15) is 4.79 Å². The van der Waals surface area contributed by atoms with Crippen molar-refractivity contribution >= 4 is 16.8 Å². The largest absolute Gasteiger partial charge is 0.457 e. The molecule has 0 saturated carbocycles. The summed E-state index contributed by atoms with van der Waals surface area (Å²) in [5, 5.41) is 11.8. The minimum absolute atomic E-state index is 0.0625. The van der Waals surface area contributed by atoms with E-state index in [1.165, 1.54) is 6.07 Å². The molecule has 1 aliphatic rings. The number of aryl methyl sites for hydroxylation is 3. The highest BCUT2D eigenvalue weighted by Gasteiger charge is 2.22. The van der Waals surface area contributed by atoms with Crippen LogP contribution in [0.2, 0.25) is 0 Å². The van der Waals surface area contributed by atoms with Gasteiger partial charge in [-0.1, -0.05) is 6.92 Å². The van der Waals surface area contributed by atoms with Gasteiger partial charge in [-0.15, -0.1) is 0 Å². The number of amides is 1. The van der Waals surface area contributed by atoms with E-state index in [4.69, 9.17) is 4.74 Å². The number of hydrogen-bond acceptors (Lipinski definition) is 5. The third-order valence-corrected chi connectivity index (χ3v) is 6.72. The lowest BCUT2D eigenvalue weighted by atomic mass is 9.97. The van der Waals surface area contributed by atoms with Crippen molar-refractivity contribution in [3.8, 4) is 22.8 Å². The van der Waals surface area contributed by atoms with Crippen molar-refractivity contribution in [1.29, 1.82) is 0 Å². The normalized spacial score (nSPS) is 14.2. The van der Waals surface area contributed by atoms with E-state index in [2.05, 4.69) is 20.7 Å². The summed E-state index contributed by atoms with van der Waals surface area (Å²) in [6.45, 7) is 5.60. The van der Waals surface area contributed by atoms with Gasteiger partial charge in [0.05, 0.1) is 22.5 Å². The number of ether oxygens (including phenoxy) is 1. The van der Waals surface area contributed by atoms with Gasteiger partial charge in [0, 0.05) is 42.4 Å². The number of hydrogen-bond donors (Lipinski definition) is 2. The fraction of sp³-hybridized carbons (Fsp3) is 0.321. The van der Waals surface area contributed by atoms with Gasteiger partial charge < -0.3 is 15.4 Å². The van der Waals surface area contributed by atoms with Crippen molar-refractivity contribution < 1.29 is 13.9 Å². The molecule has 1 amide bonds. The van der Waals surface area contributed by atoms with Gasteiger partial charge in [-0.3, -0.25) is 14.5 Å². The molecule has 3 heterocycles. The number of carbonyl (C=O) groups is 1. The number of pyridine rings is 1. The third-order valence-electron chi connectivity index (χ3n) is 6.72. The van der Waals surface area contributed by atoms with Crippen molar-refractivity contribution in [3.63, 3.8) is 0 Å². The number of piperidine rings is 1. The lowest BCUT2D eigenvalue weighted by Crippen LogP contribution is -2.43. The van der Waals surface area contributed by atoms with Crippen LogP contribution in [-0.4, -0.2) is 39.8 Å². The Morgan fingerprint density at radius 3 is 2.72 bits per heavy atom. The molecule has 1 saturated heterocycles. The molecule has 2 aromatic heterocycles. The molecular formula is C28H30FN5O2. The maximum absolute atomic E-state index is 15.3. The molecule has 5 rings (SSSR count). The standard InChI is InChI=1S/C28H30FN5O2/c1-4-18-13-19(14-24(29)27(18)28(35)32-20-7-10-30-11-8-20)25-15-22(9-12-31-25)36-21-5-6-23-17(2)33-34(3)26(23)16-21/h5-6,9,12-16,20,30H,4,7-8,10-11H2,1-3H3,(H,32,35). The number of aromatic nitrogens is 3. The summed E-state index contributed by atoms with van der Waals surface area (Å²) in [6, 6.07) is 12.7. The minimum Gasteiger partial charge on any atom is -0.457 e. The van der Waals surface area contributed by atoms with Crippen LogP contribution in [0.4, 0.5) is 4.39 Å². The second kappa shape index (κ2) is 10.1. The van der Waals surface area contributed by atoms with E-state index in [1.54, 1.807) is 18.3 Å². The first-order chi connectivity index (χ1) is 17.4. The zero-order valence-corrected chi connectivity index (χ0v) is 20.8. The van der Waals surface area contributed by atoms with Crippen LogP contribution >= 0.6 is 0 Å². The Morgan fingerprint density at radius 1 is 1.17 bits per heavy atom. The van der Waals surface area contributed by atoms with Crippen molar-refractivity contribution in [1.82, 2.24) is 25.4 Å². The Hall–Kier alpha value is -3.78. The summed E-state index contributed by atoms with van der Waals surface area (Å²) in [6.07, 6.45) is 3.85. The first kappa shape index (κ1) is 23.9. The highest BCUT2D eigenvalue weighted by molar-refractivity contribution is 5.96. The Bertz CT molecular complexity index is 1430. The van der Waals surface area contributed by atoms with E-state index in [-0.39, 0.29) is 17.5 Å². The SMILES string of the molecule is CCc1cc(-c2cc(Oc3ccc4c(C)nn(C)c4c3)ccn2)cc(F)c1C(=O)NC1CCNCC1. The van der Waals surface area contributed by atoms with Crippen molar-refractivity contribution in [2.45, 2.75) is 39.2 Å². The number of halogens is 1. The van der Waals surface area contributed by atoms with Gasteiger partial charge in [0.15, 0.2) is 0 Å². The molecule has 0 unspecified atom stereocenters. The van der Waals surface area contributed by atoms with Crippen molar-refractivity contribution in [3.05, 3.63) is 71.3 Å².